The smallest absolute Gasteiger partial charge is 0.358 e. The van der Waals surface area contributed by atoms with Gasteiger partial charge in [0.15, 0.2) is 0 Å². The van der Waals surface area contributed by atoms with E-state index in [4.69, 9.17) is 0 Å². The van der Waals surface area contributed by atoms with Crippen LogP contribution in [0.3, 0.4) is 0 Å². The van der Waals surface area contributed by atoms with Crippen molar-refractivity contribution in [2.75, 3.05) is 0 Å². The fourth-order valence-corrected chi connectivity index (χ4v) is 0.249. The molecular formula is C8H13CoN2. The van der Waals surface area contributed by atoms with Gasteiger partial charge in [-0.3, -0.25) is 10.2 Å². The van der Waals surface area contributed by atoms with E-state index in [9.17, 15) is 0 Å². The number of hydrogen-bond donors (Lipinski definition) is 0. The maximum absolute atomic E-state index is 3.64. The second-order valence-corrected chi connectivity index (χ2v) is 1.29. The molecule has 0 rings (SSSR count). The molecule has 0 spiro atoms. The molecule has 0 amide bonds. The summed E-state index contributed by atoms with van der Waals surface area (Å²) in [7, 11) is 0. The van der Waals surface area contributed by atoms with Crippen molar-refractivity contribution < 1.29 is 16.8 Å². The van der Waals surface area contributed by atoms with E-state index in [1.807, 2.05) is 13.3 Å². The van der Waals surface area contributed by atoms with Gasteiger partial charge in [0.2, 0.25) is 0 Å². The molecule has 0 aromatic carbocycles. The summed E-state index contributed by atoms with van der Waals surface area (Å²) in [6.07, 6.45) is 8.40. The van der Waals surface area contributed by atoms with Crippen LogP contribution in [0.25, 0.3) is 0 Å². The van der Waals surface area contributed by atoms with Crippen molar-refractivity contribution in [2.24, 2.45) is 10.2 Å². The molecule has 0 aromatic heterocycles. The van der Waals surface area contributed by atoms with Gasteiger partial charge < -0.3 is 7.43 Å². The van der Waals surface area contributed by atoms with E-state index in [0.29, 0.717) is 0 Å². The van der Waals surface area contributed by atoms with Gasteiger partial charge in [-0.1, -0.05) is 0 Å². The SMILES string of the molecule is [CH2-]\C=C/N=N\C=C/[CH-]C.[CH3-].[Co+3]. The molecule has 0 N–H and O–H groups in total. The minimum atomic E-state index is 0. The minimum Gasteiger partial charge on any atom is -0.358 e. The average molecular weight is 196 g/mol. The predicted molar refractivity (Wildman–Crippen MR) is 44.9 cm³/mol. The first kappa shape index (κ1) is 16.7. The molecule has 0 saturated heterocycles. The summed E-state index contributed by atoms with van der Waals surface area (Å²) in [5.41, 5.74) is 0. The summed E-state index contributed by atoms with van der Waals surface area (Å²) in [4.78, 5) is 0. The van der Waals surface area contributed by atoms with Crippen molar-refractivity contribution in [1.82, 2.24) is 0 Å². The molecule has 0 aliphatic rings. The quantitative estimate of drug-likeness (QED) is 0.489. The summed E-state index contributed by atoms with van der Waals surface area (Å²) in [5, 5.41) is 7.24. The molecule has 0 bridgehead atoms. The van der Waals surface area contributed by atoms with Crippen LogP contribution in [-0.4, -0.2) is 0 Å². The number of allylic oxidation sites excluding steroid dienone is 2. The Hall–Kier alpha value is -0.674. The van der Waals surface area contributed by atoms with E-state index in [0.717, 1.165) is 0 Å². The molecule has 0 aliphatic carbocycles. The van der Waals surface area contributed by atoms with Crippen LogP contribution < -0.4 is 0 Å². The van der Waals surface area contributed by atoms with Gasteiger partial charge in [-0.25, -0.2) is 25.5 Å². The van der Waals surface area contributed by atoms with Crippen molar-refractivity contribution in [1.29, 1.82) is 0 Å². The Labute approximate surface area is 79.7 Å². The molecule has 0 fully saturated rings. The Morgan fingerprint density at radius 1 is 1.27 bits per heavy atom. The van der Waals surface area contributed by atoms with E-state index < -0.39 is 0 Å². The Morgan fingerprint density at radius 2 is 1.82 bits per heavy atom. The molecule has 0 unspecified atom stereocenters. The van der Waals surface area contributed by atoms with Crippen LogP contribution in [-0.2, 0) is 16.8 Å². The Bertz CT molecular complexity index is 128. The zero-order chi connectivity index (χ0) is 6.95. The first-order chi connectivity index (χ1) is 4.41. The third-order valence-electron chi connectivity index (χ3n) is 0.584. The topological polar surface area (TPSA) is 24.7 Å². The Morgan fingerprint density at radius 3 is 2.27 bits per heavy atom. The Kier molecular flexibility index (Phi) is 24.6. The third-order valence-corrected chi connectivity index (χ3v) is 0.584. The summed E-state index contributed by atoms with van der Waals surface area (Å²) in [6, 6.07) is 0. The third kappa shape index (κ3) is 17.6. The molecule has 11 heavy (non-hydrogen) atoms. The molecule has 2 nitrogen and oxygen atoms in total. The molecule has 0 atom stereocenters. The van der Waals surface area contributed by atoms with Crippen LogP contribution in [0.4, 0.5) is 0 Å². The van der Waals surface area contributed by atoms with Crippen molar-refractivity contribution >= 4 is 0 Å². The van der Waals surface area contributed by atoms with Gasteiger partial charge in [0, 0.05) is 0 Å². The molecule has 0 heterocycles. The molecular weight excluding hydrogens is 183 g/mol. The normalized spacial score (nSPS) is 9.91. The van der Waals surface area contributed by atoms with E-state index in [1.165, 1.54) is 6.20 Å². The minimum absolute atomic E-state index is 0. The van der Waals surface area contributed by atoms with E-state index >= 15 is 0 Å². The van der Waals surface area contributed by atoms with Crippen LogP contribution in [0.15, 0.2) is 34.8 Å². The first-order valence-corrected chi connectivity index (χ1v) is 2.70. The number of hydrogen-bond acceptors (Lipinski definition) is 2. The van der Waals surface area contributed by atoms with Crippen LogP contribution in [0.1, 0.15) is 6.92 Å². The van der Waals surface area contributed by atoms with Gasteiger partial charge >= 0.3 is 16.8 Å². The molecule has 3 heteroatoms. The van der Waals surface area contributed by atoms with Crippen molar-refractivity contribution in [3.05, 3.63) is 45.3 Å². The fraction of sp³-hybridized carbons (Fsp3) is 0.125. The fourth-order valence-electron chi connectivity index (χ4n) is 0.249. The molecule has 0 radical (unpaired) electrons. The predicted octanol–water partition coefficient (Wildman–Crippen LogP) is 2.97. The van der Waals surface area contributed by atoms with Crippen molar-refractivity contribution in [2.45, 2.75) is 6.92 Å². The summed E-state index contributed by atoms with van der Waals surface area (Å²) in [6.45, 7) is 5.36. The molecule has 0 saturated carbocycles. The van der Waals surface area contributed by atoms with Crippen molar-refractivity contribution in [3.8, 4) is 0 Å². The standard InChI is InChI=1S/C7H10N2.CH3.Co/c1-3-5-7-9-8-6-4-2;;/h3-7H,2H2,1H3;1H3;/q-2;-1;+3/b6-4-,7-5-,9-8-;;. The van der Waals surface area contributed by atoms with Crippen LogP contribution in [0, 0.1) is 20.8 Å². The van der Waals surface area contributed by atoms with Crippen LogP contribution in [0.5, 0.6) is 0 Å². The summed E-state index contributed by atoms with van der Waals surface area (Å²) >= 11 is 0. The van der Waals surface area contributed by atoms with Crippen LogP contribution in [0.2, 0.25) is 0 Å². The van der Waals surface area contributed by atoms with E-state index in [2.05, 4.69) is 17.2 Å². The summed E-state index contributed by atoms with van der Waals surface area (Å²) in [5.74, 6) is 0. The van der Waals surface area contributed by atoms with Gasteiger partial charge in [-0.15, -0.1) is 19.3 Å². The zero-order valence-corrected chi connectivity index (χ0v) is 7.86. The molecule has 0 aromatic rings. The monoisotopic (exact) mass is 196 g/mol. The maximum atomic E-state index is 3.64. The Balaban J connectivity index is -0.000000320. The van der Waals surface area contributed by atoms with E-state index in [-0.39, 0.29) is 24.2 Å². The zero-order valence-electron chi connectivity index (χ0n) is 6.82. The molecule has 64 valence electrons. The van der Waals surface area contributed by atoms with Crippen molar-refractivity contribution in [3.63, 3.8) is 0 Å². The number of nitrogens with zero attached hydrogens (tertiary/aromatic N) is 2. The largest absolute Gasteiger partial charge is 3.00 e. The van der Waals surface area contributed by atoms with Gasteiger partial charge in [0.25, 0.3) is 0 Å². The second kappa shape index (κ2) is 16.2. The number of rotatable bonds is 3. The molecule has 0 aliphatic heterocycles. The first-order valence-electron chi connectivity index (χ1n) is 2.70. The average Bonchev–Trinajstić information content (AvgIpc) is 1.89. The van der Waals surface area contributed by atoms with Crippen LogP contribution >= 0.6 is 0 Å². The van der Waals surface area contributed by atoms with E-state index in [1.54, 1.807) is 18.4 Å². The summed E-state index contributed by atoms with van der Waals surface area (Å²) < 4.78 is 0. The van der Waals surface area contributed by atoms with Gasteiger partial charge in [0.1, 0.15) is 0 Å². The van der Waals surface area contributed by atoms with Gasteiger partial charge in [-0.05, 0) is 0 Å². The van der Waals surface area contributed by atoms with Gasteiger partial charge in [-0.2, -0.15) is 0 Å². The van der Waals surface area contributed by atoms with Gasteiger partial charge in [0.05, 0.1) is 0 Å². The maximum Gasteiger partial charge on any atom is 3.00 e. The second-order valence-electron chi connectivity index (χ2n) is 1.29. The number of azo groups is 1.